The van der Waals surface area contributed by atoms with Gasteiger partial charge in [0.1, 0.15) is 17.5 Å². The van der Waals surface area contributed by atoms with Crippen LogP contribution in [0.3, 0.4) is 0 Å². The van der Waals surface area contributed by atoms with E-state index in [0.717, 1.165) is 16.9 Å². The number of amides is 2. The molecule has 0 aliphatic rings. The molecule has 0 aromatic heterocycles. The predicted molar refractivity (Wildman–Crippen MR) is 122 cm³/mol. The van der Waals surface area contributed by atoms with E-state index in [9.17, 15) is 9.59 Å². The maximum absolute atomic E-state index is 13.2. The van der Waals surface area contributed by atoms with Gasteiger partial charge in [-0.15, -0.1) is 0 Å². The number of methoxy groups -OCH3 is 1. The van der Waals surface area contributed by atoms with Gasteiger partial charge in [-0.25, -0.2) is 0 Å². The number of nitrogens with zero attached hydrogens (tertiary/aromatic N) is 1. The number of hydrogen-bond acceptors (Lipinski definition) is 4. The lowest BCUT2D eigenvalue weighted by Crippen LogP contribution is -2.49. The van der Waals surface area contributed by atoms with E-state index < -0.39 is 6.04 Å². The number of hydrogen-bond donors (Lipinski definition) is 1. The fourth-order valence-corrected chi connectivity index (χ4v) is 3.45. The Balaban J connectivity index is 2.24. The van der Waals surface area contributed by atoms with Crippen LogP contribution in [0.4, 0.5) is 0 Å². The molecule has 2 rings (SSSR count). The van der Waals surface area contributed by atoms with E-state index in [1.54, 1.807) is 19.1 Å². The maximum atomic E-state index is 13.2. The summed E-state index contributed by atoms with van der Waals surface area (Å²) in [7, 11) is 3.19. The van der Waals surface area contributed by atoms with Gasteiger partial charge in [0.05, 0.1) is 7.11 Å². The molecule has 168 valence electrons. The highest BCUT2D eigenvalue weighted by Gasteiger charge is 2.29. The van der Waals surface area contributed by atoms with E-state index in [1.807, 2.05) is 55.5 Å². The lowest BCUT2D eigenvalue weighted by molar-refractivity contribution is -0.142. The van der Waals surface area contributed by atoms with E-state index >= 15 is 0 Å². The van der Waals surface area contributed by atoms with Crippen molar-refractivity contribution in [2.75, 3.05) is 20.8 Å². The Bertz CT molecular complexity index is 872. The number of carbonyl (C=O) groups excluding carboxylic acids is 2. The number of nitrogens with one attached hydrogen (secondary N) is 1. The molecule has 2 aromatic rings. The Kier molecular flexibility index (Phi) is 8.48. The molecule has 0 bridgehead atoms. The van der Waals surface area contributed by atoms with Crippen LogP contribution in [0.25, 0.3) is 0 Å². The topological polar surface area (TPSA) is 67.9 Å². The summed E-state index contributed by atoms with van der Waals surface area (Å²) < 4.78 is 11.2. The third-order valence-corrected chi connectivity index (χ3v) is 5.19. The Morgan fingerprint density at radius 2 is 1.71 bits per heavy atom. The molecule has 0 radical (unpaired) electrons. The summed E-state index contributed by atoms with van der Waals surface area (Å²) in [6.07, 6.45) is 0.500. The molecule has 0 saturated carbocycles. The van der Waals surface area contributed by atoms with Crippen molar-refractivity contribution in [3.63, 3.8) is 0 Å². The molecule has 6 heteroatoms. The molecular formula is C25H34N2O4. The standard InChI is InChI=1S/C25H34N2O4/c1-7-21(24(29)26-5)27(16-18-12-14-19(30-6)15-13-18)23(28)17-31-22-11-9-8-10-20(22)25(2,3)4/h8-15,21H,7,16-17H2,1-6H3,(H,26,29). The highest BCUT2D eigenvalue weighted by atomic mass is 16.5. The number of likely N-dealkylation sites (N-methyl/N-ethyl adjacent to an activating group) is 1. The van der Waals surface area contributed by atoms with Gasteiger partial charge in [-0.05, 0) is 41.2 Å². The first-order valence-electron chi connectivity index (χ1n) is 10.6. The van der Waals surface area contributed by atoms with Gasteiger partial charge in [0.2, 0.25) is 5.91 Å². The second-order valence-corrected chi connectivity index (χ2v) is 8.44. The molecule has 0 spiro atoms. The molecule has 2 amide bonds. The third-order valence-electron chi connectivity index (χ3n) is 5.19. The van der Waals surface area contributed by atoms with Crippen LogP contribution in [0.15, 0.2) is 48.5 Å². The largest absolute Gasteiger partial charge is 0.497 e. The molecule has 1 unspecified atom stereocenters. The summed E-state index contributed by atoms with van der Waals surface area (Å²) in [4.78, 5) is 27.3. The lowest BCUT2D eigenvalue weighted by Gasteiger charge is -2.30. The van der Waals surface area contributed by atoms with Crippen LogP contribution in [-0.2, 0) is 21.5 Å². The van der Waals surface area contributed by atoms with Gasteiger partial charge in [-0.1, -0.05) is 58.0 Å². The van der Waals surface area contributed by atoms with E-state index in [-0.39, 0.29) is 23.8 Å². The van der Waals surface area contributed by atoms with Crippen molar-refractivity contribution in [1.82, 2.24) is 10.2 Å². The zero-order chi connectivity index (χ0) is 23.0. The fraction of sp³-hybridized carbons (Fsp3) is 0.440. The van der Waals surface area contributed by atoms with Gasteiger partial charge in [0.25, 0.3) is 5.91 Å². The van der Waals surface area contributed by atoms with E-state index in [1.165, 1.54) is 0 Å². The number of para-hydroxylation sites is 1. The average molecular weight is 427 g/mol. The highest BCUT2D eigenvalue weighted by molar-refractivity contribution is 5.88. The molecule has 31 heavy (non-hydrogen) atoms. The van der Waals surface area contributed by atoms with E-state index in [0.29, 0.717) is 18.7 Å². The van der Waals surface area contributed by atoms with Crippen molar-refractivity contribution < 1.29 is 19.1 Å². The number of ether oxygens (including phenoxy) is 2. The van der Waals surface area contributed by atoms with Crippen molar-refractivity contribution in [3.8, 4) is 11.5 Å². The number of benzene rings is 2. The second-order valence-electron chi connectivity index (χ2n) is 8.44. The predicted octanol–water partition coefficient (Wildman–Crippen LogP) is 3.92. The smallest absolute Gasteiger partial charge is 0.261 e. The van der Waals surface area contributed by atoms with Crippen LogP contribution in [0.5, 0.6) is 11.5 Å². The van der Waals surface area contributed by atoms with E-state index in [4.69, 9.17) is 9.47 Å². The van der Waals surface area contributed by atoms with Gasteiger partial charge in [0.15, 0.2) is 6.61 Å². The fourth-order valence-electron chi connectivity index (χ4n) is 3.45. The molecule has 0 heterocycles. The van der Waals surface area contributed by atoms with Gasteiger partial charge in [0, 0.05) is 13.6 Å². The molecule has 0 saturated heterocycles. The van der Waals surface area contributed by atoms with Crippen LogP contribution < -0.4 is 14.8 Å². The molecule has 0 aliphatic carbocycles. The van der Waals surface area contributed by atoms with Gasteiger partial charge < -0.3 is 19.7 Å². The summed E-state index contributed by atoms with van der Waals surface area (Å²) in [5.41, 5.74) is 1.82. The van der Waals surface area contributed by atoms with Crippen LogP contribution in [-0.4, -0.2) is 43.5 Å². The lowest BCUT2D eigenvalue weighted by atomic mass is 9.86. The summed E-state index contributed by atoms with van der Waals surface area (Å²) in [6.45, 7) is 8.36. The second kappa shape index (κ2) is 10.8. The van der Waals surface area contributed by atoms with Crippen LogP contribution in [0.2, 0.25) is 0 Å². The zero-order valence-electron chi connectivity index (χ0n) is 19.4. The summed E-state index contributed by atoms with van der Waals surface area (Å²) in [6, 6.07) is 14.6. The average Bonchev–Trinajstić information content (AvgIpc) is 2.77. The van der Waals surface area contributed by atoms with E-state index in [2.05, 4.69) is 26.1 Å². The molecule has 1 atom stereocenters. The Hall–Kier alpha value is -3.02. The zero-order valence-corrected chi connectivity index (χ0v) is 19.4. The minimum absolute atomic E-state index is 0.115. The Morgan fingerprint density at radius 3 is 2.26 bits per heavy atom. The summed E-state index contributed by atoms with van der Waals surface area (Å²) in [5.74, 6) is 0.984. The van der Waals surface area contributed by atoms with Crippen LogP contribution >= 0.6 is 0 Å². The van der Waals surface area contributed by atoms with Gasteiger partial charge in [-0.2, -0.15) is 0 Å². The molecule has 1 N–H and O–H groups in total. The van der Waals surface area contributed by atoms with Crippen molar-refractivity contribution in [2.45, 2.75) is 52.1 Å². The Labute approximate surface area is 185 Å². The minimum Gasteiger partial charge on any atom is -0.497 e. The first-order valence-corrected chi connectivity index (χ1v) is 10.6. The first-order chi connectivity index (χ1) is 14.7. The van der Waals surface area contributed by atoms with Gasteiger partial charge in [-0.3, -0.25) is 9.59 Å². The Morgan fingerprint density at radius 1 is 1.06 bits per heavy atom. The molecule has 0 aliphatic heterocycles. The number of rotatable bonds is 9. The molecule has 6 nitrogen and oxygen atoms in total. The van der Waals surface area contributed by atoms with Gasteiger partial charge >= 0.3 is 0 Å². The van der Waals surface area contributed by atoms with Crippen molar-refractivity contribution in [2.24, 2.45) is 0 Å². The summed E-state index contributed by atoms with van der Waals surface area (Å²) in [5, 5.41) is 2.66. The van der Waals surface area contributed by atoms with Crippen LogP contribution in [0.1, 0.15) is 45.2 Å². The molecule has 2 aromatic carbocycles. The minimum atomic E-state index is -0.582. The third kappa shape index (κ3) is 6.48. The quantitative estimate of drug-likeness (QED) is 0.660. The van der Waals surface area contributed by atoms with Crippen molar-refractivity contribution in [3.05, 3.63) is 59.7 Å². The molecule has 0 fully saturated rings. The maximum Gasteiger partial charge on any atom is 0.261 e. The first kappa shape index (κ1) is 24.3. The normalized spacial score (nSPS) is 12.1. The number of carbonyl (C=O) groups is 2. The van der Waals surface area contributed by atoms with Crippen molar-refractivity contribution >= 4 is 11.8 Å². The molecular weight excluding hydrogens is 392 g/mol. The SMILES string of the molecule is CCC(C(=O)NC)N(Cc1ccc(OC)cc1)C(=O)COc1ccccc1C(C)(C)C. The van der Waals surface area contributed by atoms with Crippen LogP contribution in [0, 0.1) is 0 Å². The summed E-state index contributed by atoms with van der Waals surface area (Å²) >= 11 is 0. The highest BCUT2D eigenvalue weighted by Crippen LogP contribution is 2.31. The monoisotopic (exact) mass is 426 g/mol. The van der Waals surface area contributed by atoms with Crippen molar-refractivity contribution in [1.29, 1.82) is 0 Å².